The summed E-state index contributed by atoms with van der Waals surface area (Å²) in [5.74, 6) is -1.44. The topological polar surface area (TPSA) is 125 Å². The van der Waals surface area contributed by atoms with Crippen LogP contribution in [0.1, 0.15) is 51.9 Å². The summed E-state index contributed by atoms with van der Waals surface area (Å²) in [7, 11) is 0. The number of primary amides is 1. The Morgan fingerprint density at radius 3 is 2.20 bits per heavy atom. The Morgan fingerprint density at radius 2 is 1.49 bits per heavy atom. The van der Waals surface area contributed by atoms with Gasteiger partial charge < -0.3 is 17.2 Å². The lowest BCUT2D eigenvalue weighted by Gasteiger charge is -2.24. The largest absolute Gasteiger partial charge is 0.398 e. The lowest BCUT2D eigenvalue weighted by Crippen LogP contribution is -2.23. The van der Waals surface area contributed by atoms with Crippen LogP contribution in [-0.4, -0.2) is 16.7 Å². The number of rotatable bonds is 7. The maximum atomic E-state index is 15.0. The molecule has 1 heterocycles. The first kappa shape index (κ1) is 26.0. The van der Waals surface area contributed by atoms with Crippen LogP contribution in [0.5, 0.6) is 0 Å². The minimum atomic E-state index is -0.726. The Hall–Kier alpha value is -5.23. The molecule has 4 aromatic carbocycles. The molecule has 6 N–H and O–H groups in total. The number of carbonyl (C=O) groups excluding carboxylic acids is 2. The molecule has 1 amide bonds. The number of benzene rings is 4. The summed E-state index contributed by atoms with van der Waals surface area (Å²) >= 11 is 0. The van der Waals surface area contributed by atoms with Crippen LogP contribution in [0.4, 0.5) is 11.4 Å². The number of nitrogens with two attached hydrogens (primary N) is 3. The molecule has 1 aromatic heterocycles. The normalized spacial score (nSPS) is 13.4. The summed E-state index contributed by atoms with van der Waals surface area (Å²) in [6.07, 6.45) is 3.02. The molecular weight excluding hydrogens is 508 g/mol. The third-order valence-corrected chi connectivity index (χ3v) is 7.86. The molecule has 1 unspecified atom stereocenters. The van der Waals surface area contributed by atoms with Crippen LogP contribution in [0.2, 0.25) is 0 Å². The number of aromatic nitrogens is 1. The number of ketones is 1. The van der Waals surface area contributed by atoms with Crippen LogP contribution < -0.4 is 17.2 Å². The number of pyridine rings is 1. The Morgan fingerprint density at radius 1 is 0.805 bits per heavy atom. The first-order valence-corrected chi connectivity index (χ1v) is 13.7. The standard InChI is InChI=1S/C35H30N4O2/c1-2-11-25-28-27(22-15-7-8-16-23(22)29(28)35(38)41)30(31(32(25)37)33-26(36)18-10-19-39-33)34(40)24-17-9-6-14-21(24)20-12-4-3-5-13-20/h3-10,12-19,29H,2,11,36-37H2,1H3,(H2,38,41). The van der Waals surface area contributed by atoms with Crippen LogP contribution in [0.25, 0.3) is 33.5 Å². The smallest absolute Gasteiger partial charge is 0.229 e. The summed E-state index contributed by atoms with van der Waals surface area (Å²) in [5, 5.41) is 0. The predicted molar refractivity (Wildman–Crippen MR) is 164 cm³/mol. The molecule has 0 aliphatic heterocycles. The highest BCUT2D eigenvalue weighted by molar-refractivity contribution is 6.23. The van der Waals surface area contributed by atoms with Crippen molar-refractivity contribution in [1.82, 2.24) is 4.98 Å². The molecule has 0 bridgehead atoms. The van der Waals surface area contributed by atoms with E-state index < -0.39 is 11.8 Å². The number of amides is 1. The van der Waals surface area contributed by atoms with Gasteiger partial charge in [0.05, 0.1) is 17.3 Å². The van der Waals surface area contributed by atoms with Gasteiger partial charge in [-0.2, -0.15) is 0 Å². The molecule has 6 nitrogen and oxygen atoms in total. The highest BCUT2D eigenvalue weighted by Crippen LogP contribution is 2.54. The SMILES string of the molecule is CCCc1c(N)c(-c2ncccc2N)c(C(=O)c2ccccc2-c2ccccc2)c2c1C(C(N)=O)c1ccccc1-2. The highest BCUT2D eigenvalue weighted by atomic mass is 16.1. The van der Waals surface area contributed by atoms with Crippen molar-refractivity contribution >= 4 is 23.1 Å². The highest BCUT2D eigenvalue weighted by Gasteiger charge is 2.40. The fourth-order valence-corrected chi connectivity index (χ4v) is 6.17. The van der Waals surface area contributed by atoms with Crippen LogP contribution in [0.3, 0.4) is 0 Å². The maximum Gasteiger partial charge on any atom is 0.229 e. The van der Waals surface area contributed by atoms with E-state index in [2.05, 4.69) is 11.9 Å². The number of hydrogen-bond acceptors (Lipinski definition) is 5. The Labute approximate surface area is 238 Å². The van der Waals surface area contributed by atoms with Gasteiger partial charge in [-0.1, -0.05) is 92.2 Å². The van der Waals surface area contributed by atoms with Crippen molar-refractivity contribution in [2.24, 2.45) is 5.73 Å². The van der Waals surface area contributed by atoms with E-state index in [0.29, 0.717) is 51.3 Å². The summed E-state index contributed by atoms with van der Waals surface area (Å²) < 4.78 is 0. The van der Waals surface area contributed by atoms with Crippen molar-refractivity contribution in [2.45, 2.75) is 25.7 Å². The van der Waals surface area contributed by atoms with E-state index in [1.54, 1.807) is 18.3 Å². The van der Waals surface area contributed by atoms with Crippen LogP contribution in [0, 0.1) is 0 Å². The second-order valence-corrected chi connectivity index (χ2v) is 10.3. The van der Waals surface area contributed by atoms with Gasteiger partial charge in [-0.3, -0.25) is 14.6 Å². The number of nitrogens with zero attached hydrogens (tertiary/aromatic N) is 1. The fourth-order valence-electron chi connectivity index (χ4n) is 6.17. The Bertz CT molecular complexity index is 1830. The zero-order chi connectivity index (χ0) is 28.7. The van der Waals surface area contributed by atoms with Gasteiger partial charge in [0, 0.05) is 28.6 Å². The van der Waals surface area contributed by atoms with Crippen molar-refractivity contribution in [2.75, 3.05) is 11.5 Å². The molecule has 6 heteroatoms. The van der Waals surface area contributed by atoms with Crippen molar-refractivity contribution in [1.29, 1.82) is 0 Å². The second-order valence-electron chi connectivity index (χ2n) is 10.3. The first-order chi connectivity index (χ1) is 19.9. The molecule has 1 aliphatic rings. The molecule has 5 aromatic rings. The van der Waals surface area contributed by atoms with Gasteiger partial charge in [-0.05, 0) is 57.5 Å². The Kier molecular flexibility index (Phi) is 6.59. The van der Waals surface area contributed by atoms with Gasteiger partial charge >= 0.3 is 0 Å². The summed E-state index contributed by atoms with van der Waals surface area (Å²) in [5.41, 5.74) is 27.6. The van der Waals surface area contributed by atoms with Crippen LogP contribution in [0.15, 0.2) is 97.2 Å². The van der Waals surface area contributed by atoms with Gasteiger partial charge in [0.2, 0.25) is 5.91 Å². The van der Waals surface area contributed by atoms with E-state index >= 15 is 0 Å². The molecule has 0 spiro atoms. The van der Waals surface area contributed by atoms with Gasteiger partial charge in [-0.25, -0.2) is 0 Å². The number of carbonyl (C=O) groups is 2. The average Bonchev–Trinajstić information content (AvgIpc) is 3.34. The van der Waals surface area contributed by atoms with Crippen molar-refractivity contribution < 1.29 is 9.59 Å². The van der Waals surface area contributed by atoms with E-state index in [-0.39, 0.29) is 5.78 Å². The molecule has 0 saturated heterocycles. The van der Waals surface area contributed by atoms with Gasteiger partial charge in [0.15, 0.2) is 5.78 Å². The fraction of sp³-hybridized carbons (Fsp3) is 0.114. The van der Waals surface area contributed by atoms with E-state index in [9.17, 15) is 9.59 Å². The zero-order valence-corrected chi connectivity index (χ0v) is 22.7. The van der Waals surface area contributed by atoms with E-state index in [4.69, 9.17) is 17.2 Å². The first-order valence-electron chi connectivity index (χ1n) is 13.7. The van der Waals surface area contributed by atoms with Crippen molar-refractivity contribution in [3.8, 4) is 33.5 Å². The monoisotopic (exact) mass is 538 g/mol. The summed E-state index contributed by atoms with van der Waals surface area (Å²) in [4.78, 5) is 32.6. The maximum absolute atomic E-state index is 15.0. The minimum absolute atomic E-state index is 0.226. The molecule has 0 saturated carbocycles. The molecule has 0 fully saturated rings. The van der Waals surface area contributed by atoms with Crippen LogP contribution >= 0.6 is 0 Å². The number of fused-ring (bicyclic) bond motifs is 3. The van der Waals surface area contributed by atoms with Crippen molar-refractivity contribution in [3.05, 3.63) is 125 Å². The molecule has 1 atom stereocenters. The Balaban J connectivity index is 1.78. The molecular formula is C35H30N4O2. The number of hydrogen-bond donors (Lipinski definition) is 3. The molecule has 41 heavy (non-hydrogen) atoms. The second kappa shape index (κ2) is 10.4. The number of nitrogen functional groups attached to an aromatic ring is 2. The third kappa shape index (κ3) is 4.16. The average molecular weight is 539 g/mol. The zero-order valence-electron chi connectivity index (χ0n) is 22.7. The van der Waals surface area contributed by atoms with E-state index in [1.165, 1.54) is 0 Å². The molecule has 202 valence electrons. The third-order valence-electron chi connectivity index (χ3n) is 7.86. The number of anilines is 2. The lowest BCUT2D eigenvalue weighted by atomic mass is 9.80. The van der Waals surface area contributed by atoms with Crippen molar-refractivity contribution in [3.63, 3.8) is 0 Å². The molecule has 1 aliphatic carbocycles. The van der Waals surface area contributed by atoms with Crippen LogP contribution in [-0.2, 0) is 11.2 Å². The lowest BCUT2D eigenvalue weighted by molar-refractivity contribution is -0.118. The molecule has 6 rings (SSSR count). The minimum Gasteiger partial charge on any atom is -0.398 e. The summed E-state index contributed by atoms with van der Waals surface area (Å²) in [6.45, 7) is 2.05. The predicted octanol–water partition coefficient (Wildman–Crippen LogP) is 6.36. The van der Waals surface area contributed by atoms with E-state index in [1.807, 2.05) is 78.9 Å². The van der Waals surface area contributed by atoms with Gasteiger partial charge in [0.25, 0.3) is 0 Å². The molecule has 0 radical (unpaired) electrons. The van der Waals surface area contributed by atoms with E-state index in [0.717, 1.165) is 34.2 Å². The van der Waals surface area contributed by atoms with Gasteiger partial charge in [0.1, 0.15) is 0 Å². The quantitative estimate of drug-likeness (QED) is 0.164. The summed E-state index contributed by atoms with van der Waals surface area (Å²) in [6, 6.07) is 28.4. The van der Waals surface area contributed by atoms with Gasteiger partial charge in [-0.15, -0.1) is 0 Å².